The number of hydrogen-bond acceptors (Lipinski definition) is 2. The van der Waals surface area contributed by atoms with Gasteiger partial charge in [-0.2, -0.15) is 0 Å². The van der Waals surface area contributed by atoms with E-state index < -0.39 is 0 Å². The van der Waals surface area contributed by atoms with Crippen LogP contribution in [-0.2, 0) is 0 Å². The highest BCUT2D eigenvalue weighted by Gasteiger charge is 2.19. The summed E-state index contributed by atoms with van der Waals surface area (Å²) in [5, 5.41) is 3.60. The fourth-order valence-electron chi connectivity index (χ4n) is 2.72. The molecule has 0 aliphatic carbocycles. The molecular weight excluding hydrogens is 308 g/mol. The Bertz CT molecular complexity index is 626. The zero-order valence-electron chi connectivity index (χ0n) is 13.6. The van der Waals surface area contributed by atoms with Crippen LogP contribution in [0.3, 0.4) is 0 Å². The van der Waals surface area contributed by atoms with Crippen molar-refractivity contribution in [1.82, 2.24) is 10.2 Å². The lowest BCUT2D eigenvalue weighted by atomic mass is 10.0. The molecular formula is C19H23ClN2O. The van der Waals surface area contributed by atoms with Gasteiger partial charge in [-0.05, 0) is 36.9 Å². The van der Waals surface area contributed by atoms with Crippen molar-refractivity contribution in [2.75, 3.05) is 19.6 Å². The second-order valence-electron chi connectivity index (χ2n) is 5.37. The van der Waals surface area contributed by atoms with Crippen molar-refractivity contribution in [2.24, 2.45) is 0 Å². The number of nitrogens with zero attached hydrogens (tertiary/aromatic N) is 1. The molecule has 1 amide bonds. The third kappa shape index (κ3) is 4.81. The van der Waals surface area contributed by atoms with Crippen molar-refractivity contribution < 1.29 is 4.79 Å². The summed E-state index contributed by atoms with van der Waals surface area (Å²) < 4.78 is 0. The monoisotopic (exact) mass is 330 g/mol. The van der Waals surface area contributed by atoms with E-state index >= 15 is 0 Å². The Labute approximate surface area is 143 Å². The molecule has 23 heavy (non-hydrogen) atoms. The molecule has 0 bridgehead atoms. The Kier molecular flexibility index (Phi) is 6.63. The van der Waals surface area contributed by atoms with Gasteiger partial charge in [0.15, 0.2) is 0 Å². The Morgan fingerprint density at radius 1 is 1.09 bits per heavy atom. The van der Waals surface area contributed by atoms with Crippen LogP contribution in [0.15, 0.2) is 54.6 Å². The summed E-state index contributed by atoms with van der Waals surface area (Å²) >= 11 is 5.95. The van der Waals surface area contributed by atoms with E-state index in [9.17, 15) is 4.79 Å². The molecule has 0 aliphatic rings. The van der Waals surface area contributed by atoms with Crippen LogP contribution in [0.25, 0.3) is 0 Å². The lowest BCUT2D eigenvalue weighted by Crippen LogP contribution is -2.38. The lowest BCUT2D eigenvalue weighted by molar-refractivity contribution is 0.0935. The summed E-state index contributed by atoms with van der Waals surface area (Å²) in [4.78, 5) is 14.7. The van der Waals surface area contributed by atoms with E-state index in [1.165, 1.54) is 5.56 Å². The Morgan fingerprint density at radius 3 is 2.39 bits per heavy atom. The maximum absolute atomic E-state index is 12.3. The number of carbonyl (C=O) groups is 1. The Hall–Kier alpha value is -1.84. The molecule has 0 fully saturated rings. The molecule has 0 heterocycles. The molecule has 0 aromatic heterocycles. The van der Waals surface area contributed by atoms with Crippen molar-refractivity contribution >= 4 is 17.5 Å². The van der Waals surface area contributed by atoms with E-state index in [0.717, 1.165) is 13.1 Å². The summed E-state index contributed by atoms with van der Waals surface area (Å²) in [6.45, 7) is 6.71. The van der Waals surface area contributed by atoms with Gasteiger partial charge >= 0.3 is 0 Å². The largest absolute Gasteiger partial charge is 0.350 e. The number of rotatable bonds is 7. The van der Waals surface area contributed by atoms with E-state index in [2.05, 4.69) is 36.2 Å². The number of amides is 1. The molecule has 122 valence electrons. The SMILES string of the molecule is CCN(CC)C(CNC(=O)c1cccc(Cl)c1)c1ccccc1. The van der Waals surface area contributed by atoms with Crippen molar-refractivity contribution in [3.8, 4) is 0 Å². The van der Waals surface area contributed by atoms with Crippen LogP contribution in [0.4, 0.5) is 0 Å². The molecule has 0 spiro atoms. The number of nitrogens with one attached hydrogen (secondary N) is 1. The van der Waals surface area contributed by atoms with Gasteiger partial charge in [-0.1, -0.05) is 61.8 Å². The highest BCUT2D eigenvalue weighted by molar-refractivity contribution is 6.30. The number of benzene rings is 2. The third-order valence-electron chi connectivity index (χ3n) is 3.98. The first-order valence-electron chi connectivity index (χ1n) is 7.98. The fraction of sp³-hybridized carbons (Fsp3) is 0.316. The van der Waals surface area contributed by atoms with Gasteiger partial charge in [0.05, 0.1) is 6.04 Å². The topological polar surface area (TPSA) is 32.3 Å². The van der Waals surface area contributed by atoms with Gasteiger partial charge in [0.25, 0.3) is 5.91 Å². The Morgan fingerprint density at radius 2 is 1.78 bits per heavy atom. The van der Waals surface area contributed by atoms with Gasteiger partial charge in [0.2, 0.25) is 0 Å². The number of likely N-dealkylation sites (N-methyl/N-ethyl adjacent to an activating group) is 1. The highest BCUT2D eigenvalue weighted by Crippen LogP contribution is 2.20. The summed E-state index contributed by atoms with van der Waals surface area (Å²) in [7, 11) is 0. The first kappa shape index (κ1) is 17.5. The minimum absolute atomic E-state index is 0.0967. The molecule has 2 aromatic rings. The highest BCUT2D eigenvalue weighted by atomic mass is 35.5. The molecule has 1 unspecified atom stereocenters. The zero-order chi connectivity index (χ0) is 16.7. The molecule has 1 N–H and O–H groups in total. The average Bonchev–Trinajstić information content (AvgIpc) is 2.59. The van der Waals surface area contributed by atoms with Gasteiger partial charge in [-0.25, -0.2) is 0 Å². The van der Waals surface area contributed by atoms with Crippen LogP contribution in [0.2, 0.25) is 5.02 Å². The first-order valence-corrected chi connectivity index (χ1v) is 8.36. The predicted molar refractivity (Wildman–Crippen MR) is 95.9 cm³/mol. The summed E-state index contributed by atoms with van der Waals surface area (Å²) in [6, 6.07) is 17.5. The molecule has 0 aliphatic heterocycles. The molecule has 0 radical (unpaired) electrons. The minimum Gasteiger partial charge on any atom is -0.350 e. The van der Waals surface area contributed by atoms with Crippen molar-refractivity contribution in [3.05, 3.63) is 70.7 Å². The molecule has 0 saturated heterocycles. The van der Waals surface area contributed by atoms with Gasteiger partial charge in [0, 0.05) is 17.1 Å². The van der Waals surface area contributed by atoms with Gasteiger partial charge < -0.3 is 5.32 Å². The van der Waals surface area contributed by atoms with Crippen LogP contribution in [0.1, 0.15) is 35.8 Å². The molecule has 3 nitrogen and oxygen atoms in total. The molecule has 4 heteroatoms. The number of carbonyl (C=O) groups excluding carboxylic acids is 1. The minimum atomic E-state index is -0.0967. The summed E-state index contributed by atoms with van der Waals surface area (Å²) in [5.41, 5.74) is 1.80. The second kappa shape index (κ2) is 8.70. The smallest absolute Gasteiger partial charge is 0.251 e. The van der Waals surface area contributed by atoms with Crippen molar-refractivity contribution in [1.29, 1.82) is 0 Å². The standard InChI is InChI=1S/C19H23ClN2O/c1-3-22(4-2)18(15-9-6-5-7-10-15)14-21-19(23)16-11-8-12-17(20)13-16/h5-13,18H,3-4,14H2,1-2H3,(H,21,23). The maximum atomic E-state index is 12.3. The molecule has 1 atom stereocenters. The lowest BCUT2D eigenvalue weighted by Gasteiger charge is -2.30. The summed E-state index contributed by atoms with van der Waals surface area (Å²) in [6.07, 6.45) is 0. The molecule has 0 saturated carbocycles. The average molecular weight is 331 g/mol. The van der Waals surface area contributed by atoms with E-state index in [-0.39, 0.29) is 11.9 Å². The number of hydrogen-bond donors (Lipinski definition) is 1. The van der Waals surface area contributed by atoms with Gasteiger partial charge in [-0.3, -0.25) is 9.69 Å². The predicted octanol–water partition coefficient (Wildman–Crippen LogP) is 4.15. The zero-order valence-corrected chi connectivity index (χ0v) is 14.4. The fourth-order valence-corrected chi connectivity index (χ4v) is 2.91. The van der Waals surface area contributed by atoms with Crippen LogP contribution in [0.5, 0.6) is 0 Å². The van der Waals surface area contributed by atoms with Crippen molar-refractivity contribution in [3.63, 3.8) is 0 Å². The quantitative estimate of drug-likeness (QED) is 0.827. The van der Waals surface area contributed by atoms with Crippen molar-refractivity contribution in [2.45, 2.75) is 19.9 Å². The van der Waals surface area contributed by atoms with Gasteiger partial charge in [0.1, 0.15) is 0 Å². The summed E-state index contributed by atoms with van der Waals surface area (Å²) in [5.74, 6) is -0.0967. The maximum Gasteiger partial charge on any atom is 0.251 e. The van der Waals surface area contributed by atoms with Crippen LogP contribution < -0.4 is 5.32 Å². The van der Waals surface area contributed by atoms with Crippen LogP contribution in [-0.4, -0.2) is 30.4 Å². The second-order valence-corrected chi connectivity index (χ2v) is 5.80. The van der Waals surface area contributed by atoms with E-state index in [1.54, 1.807) is 24.3 Å². The Balaban J connectivity index is 2.10. The normalized spacial score (nSPS) is 12.2. The first-order chi connectivity index (χ1) is 11.2. The van der Waals surface area contributed by atoms with E-state index in [4.69, 9.17) is 11.6 Å². The number of halogens is 1. The molecule has 2 rings (SSSR count). The van der Waals surface area contributed by atoms with E-state index in [1.807, 2.05) is 18.2 Å². The molecule has 2 aromatic carbocycles. The van der Waals surface area contributed by atoms with Gasteiger partial charge in [-0.15, -0.1) is 0 Å². The van der Waals surface area contributed by atoms with E-state index in [0.29, 0.717) is 17.1 Å². The van der Waals surface area contributed by atoms with Crippen LogP contribution >= 0.6 is 11.6 Å². The third-order valence-corrected chi connectivity index (χ3v) is 4.22. The van der Waals surface area contributed by atoms with Crippen LogP contribution in [0, 0.1) is 0 Å².